The molecule has 4 rings (SSSR count). The van der Waals surface area contributed by atoms with Crippen LogP contribution in [0.4, 0.5) is 15.8 Å². The number of fused-ring (bicyclic) bond motifs is 1. The Labute approximate surface area is 222 Å². The maximum Gasteiger partial charge on any atom is 0.259 e. The van der Waals surface area contributed by atoms with Crippen molar-refractivity contribution < 1.29 is 14.0 Å². The molecule has 0 spiro atoms. The number of hydrogen-bond donors (Lipinski definition) is 1. The molecule has 0 bridgehead atoms. The molecule has 0 saturated heterocycles. The monoisotopic (exact) mass is 519 g/mol. The third-order valence-corrected chi connectivity index (χ3v) is 6.87. The minimum Gasteiger partial charge on any atom is -0.322 e. The minimum absolute atomic E-state index is 0.213. The van der Waals surface area contributed by atoms with Gasteiger partial charge in [-0.1, -0.05) is 35.9 Å². The van der Waals surface area contributed by atoms with Gasteiger partial charge in [0.05, 0.1) is 5.69 Å². The summed E-state index contributed by atoms with van der Waals surface area (Å²) in [6.07, 6.45) is 4.12. The Bertz CT molecular complexity index is 1320. The van der Waals surface area contributed by atoms with E-state index in [1.807, 2.05) is 39.2 Å². The fourth-order valence-corrected chi connectivity index (χ4v) is 4.77. The van der Waals surface area contributed by atoms with E-state index in [2.05, 4.69) is 16.3 Å². The van der Waals surface area contributed by atoms with E-state index in [1.54, 1.807) is 41.3 Å². The number of halogens is 2. The molecular weight excluding hydrogens is 489 g/mol. The molecule has 1 aliphatic rings. The van der Waals surface area contributed by atoms with Crippen LogP contribution in [0.1, 0.15) is 51.1 Å². The van der Waals surface area contributed by atoms with Gasteiger partial charge in [0, 0.05) is 28.9 Å². The highest BCUT2D eigenvalue weighted by atomic mass is 35.5. The molecule has 1 unspecified atom stereocenters. The number of alkyl halides is 1. The van der Waals surface area contributed by atoms with Gasteiger partial charge >= 0.3 is 0 Å². The molecule has 2 amide bonds. The van der Waals surface area contributed by atoms with Crippen molar-refractivity contribution in [1.29, 1.82) is 0 Å². The van der Waals surface area contributed by atoms with Gasteiger partial charge in [0.1, 0.15) is 11.3 Å². The molecule has 5 nitrogen and oxygen atoms in total. The van der Waals surface area contributed by atoms with Crippen molar-refractivity contribution in [3.63, 3.8) is 0 Å². The fraction of sp³-hybridized carbons (Fsp3) is 0.267. The fourth-order valence-electron chi connectivity index (χ4n) is 4.47. The Hall–Kier alpha value is -3.48. The van der Waals surface area contributed by atoms with Crippen LogP contribution in [0.5, 0.6) is 0 Å². The van der Waals surface area contributed by atoms with E-state index in [-0.39, 0.29) is 17.6 Å². The average Bonchev–Trinajstić information content (AvgIpc) is 3.00. The number of benzene rings is 3. The van der Waals surface area contributed by atoms with Gasteiger partial charge in [-0.3, -0.25) is 14.5 Å². The molecule has 1 heterocycles. The van der Waals surface area contributed by atoms with Crippen molar-refractivity contribution in [3.8, 4) is 0 Å². The number of nitrogens with zero attached hydrogens (tertiary/aromatic N) is 2. The Kier molecular flexibility index (Phi) is 8.41. The van der Waals surface area contributed by atoms with Crippen LogP contribution in [0.25, 0.3) is 5.57 Å². The summed E-state index contributed by atoms with van der Waals surface area (Å²) in [7, 11) is 4.02. The Morgan fingerprint density at radius 3 is 2.54 bits per heavy atom. The van der Waals surface area contributed by atoms with Gasteiger partial charge in [0.2, 0.25) is 0 Å². The van der Waals surface area contributed by atoms with Crippen LogP contribution in [0.2, 0.25) is 0 Å². The zero-order valence-corrected chi connectivity index (χ0v) is 22.1. The summed E-state index contributed by atoms with van der Waals surface area (Å²) in [4.78, 5) is 29.9. The first kappa shape index (κ1) is 26.6. The number of amides is 2. The van der Waals surface area contributed by atoms with Gasteiger partial charge in [-0.05, 0) is 99.9 Å². The maximum atomic E-state index is 14.3. The molecule has 0 saturated carbocycles. The number of anilines is 2. The first-order valence-corrected chi connectivity index (χ1v) is 12.8. The van der Waals surface area contributed by atoms with Crippen LogP contribution < -0.4 is 10.2 Å². The van der Waals surface area contributed by atoms with Crippen molar-refractivity contribution in [1.82, 2.24) is 4.90 Å². The number of carbonyl (C=O) groups is 2. The topological polar surface area (TPSA) is 52.7 Å². The second-order valence-electron chi connectivity index (χ2n) is 9.48. The molecule has 1 N–H and O–H groups in total. The van der Waals surface area contributed by atoms with Crippen molar-refractivity contribution in [2.75, 3.05) is 30.9 Å². The summed E-state index contributed by atoms with van der Waals surface area (Å²) in [5, 5.41) is 2.88. The zero-order valence-electron chi connectivity index (χ0n) is 21.3. The first-order valence-electron chi connectivity index (χ1n) is 12.3. The standard InChI is InChI=1S/C30H31ClFN3O2/c1-20-7-4-5-9-25(20)29(36)33-24-14-10-22(11-15-24)30(37)35-27-16-13-23(32)19-26(27)21(12-17-28(35)31)8-6-18-34(2)3/h4-5,7-11,13-16,19,28H,6,12,17-18H2,1-3H3,(H,33,36). The predicted molar refractivity (Wildman–Crippen MR) is 149 cm³/mol. The van der Waals surface area contributed by atoms with Crippen LogP contribution in [0.3, 0.4) is 0 Å². The van der Waals surface area contributed by atoms with E-state index < -0.39 is 5.50 Å². The molecule has 1 aliphatic heterocycles. The largest absolute Gasteiger partial charge is 0.322 e. The summed E-state index contributed by atoms with van der Waals surface area (Å²) in [5.41, 5.74) is 4.17. The average molecular weight is 520 g/mol. The lowest BCUT2D eigenvalue weighted by atomic mass is 9.99. The van der Waals surface area contributed by atoms with Crippen molar-refractivity contribution in [2.45, 2.75) is 31.7 Å². The van der Waals surface area contributed by atoms with Gasteiger partial charge in [-0.15, -0.1) is 0 Å². The number of allylic oxidation sites excluding steroid dienone is 1. The molecule has 1 atom stereocenters. The SMILES string of the molecule is Cc1ccccc1C(=O)Nc1ccc(C(=O)N2c3ccc(F)cc3C(=CCCN(C)C)CCC2Cl)cc1. The molecule has 0 radical (unpaired) electrons. The smallest absolute Gasteiger partial charge is 0.259 e. The van der Waals surface area contributed by atoms with Crippen LogP contribution in [0, 0.1) is 12.7 Å². The molecular formula is C30H31ClFN3O2. The summed E-state index contributed by atoms with van der Waals surface area (Å²) < 4.78 is 14.3. The molecule has 192 valence electrons. The summed E-state index contributed by atoms with van der Waals surface area (Å²) in [6, 6.07) is 18.5. The van der Waals surface area contributed by atoms with E-state index >= 15 is 0 Å². The quantitative estimate of drug-likeness (QED) is 0.290. The highest BCUT2D eigenvalue weighted by Crippen LogP contribution is 2.39. The van der Waals surface area contributed by atoms with Crippen LogP contribution in [-0.4, -0.2) is 42.9 Å². The second-order valence-corrected chi connectivity index (χ2v) is 9.98. The van der Waals surface area contributed by atoms with Crippen molar-refractivity contribution in [2.24, 2.45) is 0 Å². The Balaban J connectivity index is 1.59. The summed E-state index contributed by atoms with van der Waals surface area (Å²) >= 11 is 6.75. The molecule has 0 aromatic heterocycles. The van der Waals surface area contributed by atoms with E-state index in [4.69, 9.17) is 11.6 Å². The number of nitrogens with one attached hydrogen (secondary N) is 1. The summed E-state index contributed by atoms with van der Waals surface area (Å²) in [5.74, 6) is -0.847. The number of carbonyl (C=O) groups excluding carboxylic acids is 2. The lowest BCUT2D eigenvalue weighted by Crippen LogP contribution is -2.37. The van der Waals surface area contributed by atoms with Gasteiger partial charge in [0.15, 0.2) is 0 Å². The lowest BCUT2D eigenvalue weighted by Gasteiger charge is -2.27. The van der Waals surface area contributed by atoms with Gasteiger partial charge in [0.25, 0.3) is 11.8 Å². The molecule has 0 fully saturated rings. The third-order valence-electron chi connectivity index (χ3n) is 6.46. The highest BCUT2D eigenvalue weighted by Gasteiger charge is 2.31. The second kappa shape index (κ2) is 11.7. The maximum absolute atomic E-state index is 14.3. The van der Waals surface area contributed by atoms with Crippen LogP contribution in [0.15, 0.2) is 72.8 Å². The van der Waals surface area contributed by atoms with E-state index in [0.29, 0.717) is 40.9 Å². The zero-order chi connectivity index (χ0) is 26.5. The number of aryl methyl sites for hydroxylation is 1. The van der Waals surface area contributed by atoms with Crippen molar-refractivity contribution >= 4 is 40.4 Å². The van der Waals surface area contributed by atoms with Gasteiger partial charge < -0.3 is 10.2 Å². The van der Waals surface area contributed by atoms with E-state index in [1.165, 1.54) is 12.1 Å². The highest BCUT2D eigenvalue weighted by molar-refractivity contribution is 6.26. The Morgan fingerprint density at radius 1 is 1.11 bits per heavy atom. The Morgan fingerprint density at radius 2 is 1.84 bits per heavy atom. The normalized spacial score (nSPS) is 16.4. The molecule has 0 aliphatic carbocycles. The lowest BCUT2D eigenvalue weighted by molar-refractivity contribution is 0.0982. The molecule has 3 aromatic carbocycles. The van der Waals surface area contributed by atoms with Crippen LogP contribution in [-0.2, 0) is 0 Å². The predicted octanol–water partition coefficient (Wildman–Crippen LogP) is 6.73. The molecule has 3 aromatic rings. The van der Waals surface area contributed by atoms with Gasteiger partial charge in [-0.2, -0.15) is 0 Å². The number of rotatable bonds is 6. The van der Waals surface area contributed by atoms with E-state index in [0.717, 1.165) is 24.1 Å². The minimum atomic E-state index is -0.586. The molecule has 37 heavy (non-hydrogen) atoms. The van der Waals surface area contributed by atoms with Crippen molar-refractivity contribution in [3.05, 3.63) is 101 Å². The first-order chi connectivity index (χ1) is 17.7. The van der Waals surface area contributed by atoms with E-state index in [9.17, 15) is 14.0 Å². The van der Waals surface area contributed by atoms with Crippen LogP contribution >= 0.6 is 11.6 Å². The van der Waals surface area contributed by atoms with Gasteiger partial charge in [-0.25, -0.2) is 4.39 Å². The third kappa shape index (κ3) is 6.27. The molecule has 7 heteroatoms. The summed E-state index contributed by atoms with van der Waals surface area (Å²) in [6.45, 7) is 2.75. The number of hydrogen-bond acceptors (Lipinski definition) is 3.